The zero-order valence-electron chi connectivity index (χ0n) is 19.9. The van der Waals surface area contributed by atoms with Crippen molar-refractivity contribution in [2.24, 2.45) is 11.8 Å². The number of ether oxygens (including phenoxy) is 1. The number of aliphatic carboxylic acids is 1. The van der Waals surface area contributed by atoms with Crippen molar-refractivity contribution in [2.45, 2.75) is 31.8 Å². The van der Waals surface area contributed by atoms with Gasteiger partial charge in [-0.2, -0.15) is 4.39 Å². The SMILES string of the molecule is COc1ccc2ncc(Cl)c(C(O)CCC3CCN(CC#Cc4ccc(F)s4)CC3CC(=O)O)c2c1. The van der Waals surface area contributed by atoms with E-state index in [4.69, 9.17) is 16.3 Å². The second kappa shape index (κ2) is 12.0. The summed E-state index contributed by atoms with van der Waals surface area (Å²) in [6.07, 6.45) is 2.76. The van der Waals surface area contributed by atoms with Crippen LogP contribution in [0.25, 0.3) is 10.9 Å². The van der Waals surface area contributed by atoms with Crippen LogP contribution in [0.15, 0.2) is 36.5 Å². The maximum absolute atomic E-state index is 13.1. The van der Waals surface area contributed by atoms with Crippen molar-refractivity contribution in [2.75, 3.05) is 26.7 Å². The Hall–Kier alpha value is -2.70. The van der Waals surface area contributed by atoms with Crippen LogP contribution in [0, 0.1) is 28.8 Å². The molecule has 1 aliphatic rings. The summed E-state index contributed by atoms with van der Waals surface area (Å²) in [5, 5.41) is 21.5. The topological polar surface area (TPSA) is 82.9 Å². The summed E-state index contributed by atoms with van der Waals surface area (Å²) in [6, 6.07) is 8.52. The number of benzene rings is 1. The van der Waals surface area contributed by atoms with Crippen LogP contribution in [0.4, 0.5) is 4.39 Å². The minimum atomic E-state index is -0.831. The molecular formula is C27H28ClFN2O4S. The van der Waals surface area contributed by atoms with Gasteiger partial charge in [0.25, 0.3) is 0 Å². The highest BCUT2D eigenvalue weighted by Gasteiger charge is 2.31. The number of pyridine rings is 1. The fourth-order valence-electron chi connectivity index (χ4n) is 4.90. The van der Waals surface area contributed by atoms with Crippen LogP contribution < -0.4 is 4.74 Å². The fraction of sp³-hybridized carbons (Fsp3) is 0.407. The van der Waals surface area contributed by atoms with Crippen molar-refractivity contribution in [1.29, 1.82) is 0 Å². The van der Waals surface area contributed by atoms with E-state index in [1.54, 1.807) is 19.4 Å². The number of carboxylic acid groups (broad SMARTS) is 1. The summed E-state index contributed by atoms with van der Waals surface area (Å²) >= 11 is 7.46. The summed E-state index contributed by atoms with van der Waals surface area (Å²) in [4.78, 5) is 18.7. The van der Waals surface area contributed by atoms with E-state index < -0.39 is 12.1 Å². The Morgan fingerprint density at radius 3 is 2.92 bits per heavy atom. The lowest BCUT2D eigenvalue weighted by atomic mass is 9.79. The van der Waals surface area contributed by atoms with Gasteiger partial charge in [-0.3, -0.25) is 14.7 Å². The first-order chi connectivity index (χ1) is 17.3. The Labute approximate surface area is 218 Å². The molecule has 3 aromatic rings. The van der Waals surface area contributed by atoms with Gasteiger partial charge in [-0.1, -0.05) is 34.8 Å². The van der Waals surface area contributed by atoms with E-state index in [0.29, 0.717) is 47.1 Å². The predicted molar refractivity (Wildman–Crippen MR) is 139 cm³/mol. The highest BCUT2D eigenvalue weighted by molar-refractivity contribution is 7.10. The number of likely N-dealkylation sites (tertiary alicyclic amines) is 1. The van der Waals surface area contributed by atoms with E-state index >= 15 is 0 Å². The van der Waals surface area contributed by atoms with E-state index in [1.165, 1.54) is 6.07 Å². The van der Waals surface area contributed by atoms with Crippen LogP contribution in [0.5, 0.6) is 5.75 Å². The van der Waals surface area contributed by atoms with Gasteiger partial charge in [0, 0.05) is 30.1 Å². The van der Waals surface area contributed by atoms with Crippen LogP contribution in [-0.2, 0) is 4.79 Å². The van der Waals surface area contributed by atoms with E-state index in [1.807, 2.05) is 18.2 Å². The molecule has 1 aromatic carbocycles. The first kappa shape index (κ1) is 26.4. The highest BCUT2D eigenvalue weighted by Crippen LogP contribution is 2.37. The third kappa shape index (κ3) is 6.54. The van der Waals surface area contributed by atoms with Gasteiger partial charge in [0.15, 0.2) is 5.13 Å². The zero-order valence-corrected chi connectivity index (χ0v) is 21.5. The number of aromatic nitrogens is 1. The number of fused-ring (bicyclic) bond motifs is 1. The zero-order chi connectivity index (χ0) is 25.7. The van der Waals surface area contributed by atoms with Gasteiger partial charge in [0.05, 0.1) is 35.2 Å². The molecular weight excluding hydrogens is 503 g/mol. The molecule has 3 unspecified atom stereocenters. The van der Waals surface area contributed by atoms with Gasteiger partial charge < -0.3 is 14.9 Å². The van der Waals surface area contributed by atoms with Crippen molar-refractivity contribution in [3.63, 3.8) is 0 Å². The van der Waals surface area contributed by atoms with Gasteiger partial charge >= 0.3 is 5.97 Å². The molecule has 2 aromatic heterocycles. The quantitative estimate of drug-likeness (QED) is 0.381. The minimum absolute atomic E-state index is 0.0471. The molecule has 1 fully saturated rings. The van der Waals surface area contributed by atoms with E-state index in [0.717, 1.165) is 35.2 Å². The van der Waals surface area contributed by atoms with E-state index in [9.17, 15) is 19.4 Å². The van der Waals surface area contributed by atoms with Gasteiger partial charge in [-0.15, -0.1) is 0 Å². The van der Waals surface area contributed by atoms with E-state index in [2.05, 4.69) is 21.7 Å². The average molecular weight is 531 g/mol. The minimum Gasteiger partial charge on any atom is -0.497 e. The Morgan fingerprint density at radius 2 is 2.19 bits per heavy atom. The maximum atomic E-state index is 13.1. The molecule has 6 nitrogen and oxygen atoms in total. The molecule has 3 heterocycles. The highest BCUT2D eigenvalue weighted by atomic mass is 35.5. The monoisotopic (exact) mass is 530 g/mol. The largest absolute Gasteiger partial charge is 0.497 e. The number of hydrogen-bond acceptors (Lipinski definition) is 6. The molecule has 1 saturated heterocycles. The summed E-state index contributed by atoms with van der Waals surface area (Å²) in [7, 11) is 1.58. The molecule has 190 valence electrons. The van der Waals surface area contributed by atoms with Crippen LogP contribution >= 0.6 is 22.9 Å². The summed E-state index contributed by atoms with van der Waals surface area (Å²) in [5.74, 6) is 5.99. The van der Waals surface area contributed by atoms with Gasteiger partial charge in [-0.05, 0) is 68.0 Å². The molecule has 36 heavy (non-hydrogen) atoms. The summed E-state index contributed by atoms with van der Waals surface area (Å²) in [6.45, 7) is 1.92. The van der Waals surface area contributed by atoms with Crippen molar-refractivity contribution in [1.82, 2.24) is 9.88 Å². The van der Waals surface area contributed by atoms with E-state index in [-0.39, 0.29) is 23.4 Å². The first-order valence-corrected chi connectivity index (χ1v) is 13.0. The summed E-state index contributed by atoms with van der Waals surface area (Å²) in [5.41, 5.74) is 1.34. The van der Waals surface area contributed by atoms with Crippen molar-refractivity contribution in [3.05, 3.63) is 57.1 Å². The van der Waals surface area contributed by atoms with Gasteiger partial charge in [0.1, 0.15) is 5.75 Å². The van der Waals surface area contributed by atoms with Crippen LogP contribution in [0.1, 0.15) is 42.2 Å². The molecule has 1 aliphatic heterocycles. The number of hydrogen-bond donors (Lipinski definition) is 2. The number of carbonyl (C=O) groups is 1. The number of piperidine rings is 1. The molecule has 2 N–H and O–H groups in total. The number of aliphatic hydroxyl groups excluding tert-OH is 1. The molecule has 0 amide bonds. The molecule has 3 atom stereocenters. The molecule has 0 bridgehead atoms. The number of nitrogens with zero attached hydrogens (tertiary/aromatic N) is 2. The second-order valence-electron chi connectivity index (χ2n) is 9.04. The molecule has 9 heteroatoms. The first-order valence-electron chi connectivity index (χ1n) is 11.8. The molecule has 0 saturated carbocycles. The number of halogens is 2. The fourth-order valence-corrected chi connectivity index (χ4v) is 5.79. The Kier molecular flexibility index (Phi) is 8.81. The standard InChI is InChI=1S/C27H28ClFN2O4S/c1-35-19-5-7-23-21(14-19)27(22(28)15-30-23)24(32)8-4-17-10-12-31(16-18(17)13-26(33)34)11-2-3-20-6-9-25(29)36-20/h5-7,9,14-15,17-18,24,32H,4,8,10-13,16H2,1H3,(H,33,34). The summed E-state index contributed by atoms with van der Waals surface area (Å²) < 4.78 is 18.5. The number of aliphatic hydroxyl groups is 1. The molecule has 4 rings (SSSR count). The maximum Gasteiger partial charge on any atom is 0.303 e. The van der Waals surface area contributed by atoms with Crippen molar-refractivity contribution >= 4 is 39.8 Å². The van der Waals surface area contributed by atoms with Crippen molar-refractivity contribution < 1.29 is 24.1 Å². The van der Waals surface area contributed by atoms with Crippen molar-refractivity contribution in [3.8, 4) is 17.6 Å². The lowest BCUT2D eigenvalue weighted by molar-refractivity contribution is -0.139. The number of carboxylic acids is 1. The van der Waals surface area contributed by atoms with Crippen LogP contribution in [0.3, 0.4) is 0 Å². The smallest absolute Gasteiger partial charge is 0.303 e. The van der Waals surface area contributed by atoms with Gasteiger partial charge in [0.2, 0.25) is 0 Å². The lowest BCUT2D eigenvalue weighted by Gasteiger charge is -2.37. The average Bonchev–Trinajstić information content (AvgIpc) is 3.27. The Bertz CT molecular complexity index is 1290. The Balaban J connectivity index is 1.42. The molecule has 0 aliphatic carbocycles. The predicted octanol–water partition coefficient (Wildman–Crippen LogP) is 5.38. The number of rotatable bonds is 8. The third-order valence-corrected chi connectivity index (χ3v) is 7.80. The third-order valence-electron chi connectivity index (χ3n) is 6.71. The number of thiophene rings is 1. The number of methoxy groups -OCH3 is 1. The van der Waals surface area contributed by atoms with Gasteiger partial charge in [-0.25, -0.2) is 0 Å². The Morgan fingerprint density at radius 1 is 1.36 bits per heavy atom. The normalized spacial score (nSPS) is 19.0. The van der Waals surface area contributed by atoms with Crippen LogP contribution in [-0.4, -0.2) is 52.8 Å². The molecule has 0 radical (unpaired) electrons. The second-order valence-corrected chi connectivity index (χ2v) is 10.5. The van der Waals surface area contributed by atoms with Crippen LogP contribution in [0.2, 0.25) is 5.02 Å². The molecule has 0 spiro atoms. The lowest BCUT2D eigenvalue weighted by Crippen LogP contribution is -2.41.